The van der Waals surface area contributed by atoms with Crippen LogP contribution in [0, 0.1) is 11.3 Å². The molecule has 0 aliphatic carbocycles. The number of nitrogens with two attached hydrogens (primary N) is 1. The highest BCUT2D eigenvalue weighted by atomic mass is 32.2. The molecule has 0 amide bonds. The Kier molecular flexibility index (Phi) is 5.17. The fraction of sp³-hybridized carbons (Fsp3) is 0.105. The number of thioether (sulfide) groups is 1. The van der Waals surface area contributed by atoms with Gasteiger partial charge in [-0.15, -0.1) is 0 Å². The number of anilines is 1. The molecular formula is C19H16N4OS. The van der Waals surface area contributed by atoms with Gasteiger partial charge in [0.25, 0.3) is 5.56 Å². The first-order chi connectivity index (χ1) is 12.2. The first kappa shape index (κ1) is 16.8. The minimum atomic E-state index is -0.363. The fourth-order valence-corrected chi connectivity index (χ4v) is 3.45. The third-order valence-electron chi connectivity index (χ3n) is 3.70. The van der Waals surface area contributed by atoms with Crippen molar-refractivity contribution in [1.29, 1.82) is 5.26 Å². The summed E-state index contributed by atoms with van der Waals surface area (Å²) in [6, 6.07) is 20.8. The van der Waals surface area contributed by atoms with E-state index in [9.17, 15) is 10.1 Å². The fourth-order valence-electron chi connectivity index (χ4n) is 2.43. The van der Waals surface area contributed by atoms with E-state index in [-0.39, 0.29) is 5.56 Å². The van der Waals surface area contributed by atoms with Gasteiger partial charge in [0, 0.05) is 11.8 Å². The Morgan fingerprint density at radius 1 is 1.12 bits per heavy atom. The molecule has 0 radical (unpaired) electrons. The van der Waals surface area contributed by atoms with Gasteiger partial charge in [-0.25, -0.2) is 0 Å². The molecule has 0 unspecified atom stereocenters. The van der Waals surface area contributed by atoms with Crippen LogP contribution in [0.1, 0.15) is 16.7 Å². The van der Waals surface area contributed by atoms with E-state index in [1.54, 1.807) is 6.07 Å². The van der Waals surface area contributed by atoms with Gasteiger partial charge in [-0.1, -0.05) is 60.3 Å². The number of hydrogen-bond donors (Lipinski definition) is 1. The number of nitrogen functional groups attached to an aromatic ring is 1. The van der Waals surface area contributed by atoms with Crippen LogP contribution in [0.15, 0.2) is 70.6 Å². The lowest BCUT2D eigenvalue weighted by Crippen LogP contribution is -2.18. The predicted octanol–water partition coefficient (Wildman–Crippen LogP) is 3.04. The van der Waals surface area contributed by atoms with Gasteiger partial charge in [0.15, 0.2) is 5.16 Å². The summed E-state index contributed by atoms with van der Waals surface area (Å²) in [6.45, 7) is 0.530. The third-order valence-corrected chi connectivity index (χ3v) is 4.72. The van der Waals surface area contributed by atoms with Crippen molar-refractivity contribution in [2.24, 2.45) is 0 Å². The van der Waals surface area contributed by atoms with Crippen LogP contribution in [0.25, 0.3) is 0 Å². The molecule has 3 rings (SSSR count). The summed E-state index contributed by atoms with van der Waals surface area (Å²) in [6.07, 6.45) is 0. The van der Waals surface area contributed by atoms with Gasteiger partial charge in [-0.05, 0) is 17.2 Å². The lowest BCUT2D eigenvalue weighted by atomic mass is 10.1. The quantitative estimate of drug-likeness (QED) is 0.566. The maximum atomic E-state index is 11.8. The van der Waals surface area contributed by atoms with Crippen molar-refractivity contribution in [1.82, 2.24) is 9.55 Å². The Hall–Kier alpha value is -3.04. The van der Waals surface area contributed by atoms with Crippen LogP contribution in [-0.2, 0) is 12.3 Å². The van der Waals surface area contributed by atoms with Crippen molar-refractivity contribution < 1.29 is 0 Å². The van der Waals surface area contributed by atoms with E-state index in [0.717, 1.165) is 11.1 Å². The molecule has 0 fully saturated rings. The average molecular weight is 348 g/mol. The van der Waals surface area contributed by atoms with Crippen molar-refractivity contribution in [3.05, 3.63) is 87.7 Å². The van der Waals surface area contributed by atoms with Crippen molar-refractivity contribution in [3.8, 4) is 6.07 Å². The smallest absolute Gasteiger partial charge is 0.275 e. The number of nitrogens with zero attached hydrogens (tertiary/aromatic N) is 3. The zero-order valence-electron chi connectivity index (χ0n) is 13.4. The molecule has 0 bridgehead atoms. The molecule has 0 atom stereocenters. The monoisotopic (exact) mass is 348 g/mol. The molecule has 5 nitrogen and oxygen atoms in total. The Balaban J connectivity index is 1.90. The van der Waals surface area contributed by atoms with Gasteiger partial charge in [0.1, 0.15) is 5.82 Å². The molecular weight excluding hydrogens is 332 g/mol. The van der Waals surface area contributed by atoms with Gasteiger partial charge in [-0.2, -0.15) is 10.2 Å². The second-order valence-electron chi connectivity index (χ2n) is 5.43. The maximum Gasteiger partial charge on any atom is 0.275 e. The van der Waals surface area contributed by atoms with E-state index in [1.165, 1.54) is 17.8 Å². The summed E-state index contributed by atoms with van der Waals surface area (Å²) < 4.78 is 1.82. The Morgan fingerprint density at radius 3 is 2.60 bits per heavy atom. The highest BCUT2D eigenvalue weighted by molar-refractivity contribution is 7.98. The number of nitriles is 1. The van der Waals surface area contributed by atoms with Crippen molar-refractivity contribution in [2.75, 3.05) is 5.73 Å². The molecule has 0 aliphatic heterocycles. The van der Waals surface area contributed by atoms with Crippen LogP contribution < -0.4 is 11.3 Å². The number of aromatic nitrogens is 2. The van der Waals surface area contributed by atoms with Gasteiger partial charge >= 0.3 is 0 Å². The average Bonchev–Trinajstić information content (AvgIpc) is 2.63. The number of hydrogen-bond acceptors (Lipinski definition) is 5. The molecule has 2 N–H and O–H groups in total. The predicted molar refractivity (Wildman–Crippen MR) is 99.2 cm³/mol. The zero-order chi connectivity index (χ0) is 17.6. The first-order valence-corrected chi connectivity index (χ1v) is 8.68. The van der Waals surface area contributed by atoms with Crippen molar-refractivity contribution in [3.63, 3.8) is 0 Å². The van der Waals surface area contributed by atoms with Crippen LogP contribution >= 0.6 is 11.8 Å². The summed E-state index contributed by atoms with van der Waals surface area (Å²) in [7, 11) is 0. The second-order valence-corrected chi connectivity index (χ2v) is 6.37. The molecule has 6 heteroatoms. The maximum absolute atomic E-state index is 11.8. The molecule has 1 heterocycles. The molecule has 0 aliphatic rings. The highest BCUT2D eigenvalue weighted by Crippen LogP contribution is 2.24. The summed E-state index contributed by atoms with van der Waals surface area (Å²) in [4.78, 5) is 15.9. The molecule has 124 valence electrons. The largest absolute Gasteiger partial charge is 0.385 e. The second kappa shape index (κ2) is 7.69. The normalized spacial score (nSPS) is 10.4. The molecule has 3 aromatic rings. The van der Waals surface area contributed by atoms with E-state index < -0.39 is 0 Å². The number of benzene rings is 2. The minimum Gasteiger partial charge on any atom is -0.385 e. The van der Waals surface area contributed by atoms with E-state index >= 15 is 0 Å². The van der Waals surface area contributed by atoms with Crippen LogP contribution in [0.4, 0.5) is 5.82 Å². The summed E-state index contributed by atoms with van der Waals surface area (Å²) in [5.74, 6) is 0.911. The first-order valence-electron chi connectivity index (χ1n) is 7.69. The highest BCUT2D eigenvalue weighted by Gasteiger charge is 2.10. The molecule has 1 aromatic heterocycles. The van der Waals surface area contributed by atoms with E-state index in [1.807, 2.05) is 53.1 Å². The molecule has 25 heavy (non-hydrogen) atoms. The van der Waals surface area contributed by atoms with Crippen LogP contribution in [0.5, 0.6) is 0 Å². The van der Waals surface area contributed by atoms with Crippen LogP contribution in [0.2, 0.25) is 0 Å². The minimum absolute atomic E-state index is 0.363. The lowest BCUT2D eigenvalue weighted by Gasteiger charge is -2.15. The van der Waals surface area contributed by atoms with Gasteiger partial charge in [-0.3, -0.25) is 4.79 Å². The van der Waals surface area contributed by atoms with Gasteiger partial charge < -0.3 is 10.3 Å². The zero-order valence-corrected chi connectivity index (χ0v) is 14.2. The standard InChI is InChI=1S/C19H16N4OS/c20-11-15-8-4-5-9-16(15)13-25-19-22-18(24)10-17(21)23(19)12-14-6-2-1-3-7-14/h1-10H,12-13,21H2. The topological polar surface area (TPSA) is 84.7 Å². The number of rotatable bonds is 5. The molecule has 2 aromatic carbocycles. The Bertz CT molecular complexity index is 977. The summed E-state index contributed by atoms with van der Waals surface area (Å²) in [5.41, 5.74) is 8.28. The molecule has 0 saturated heterocycles. The van der Waals surface area contributed by atoms with E-state index in [0.29, 0.717) is 28.8 Å². The van der Waals surface area contributed by atoms with E-state index in [4.69, 9.17) is 5.73 Å². The molecule has 0 spiro atoms. The Labute approximate surface area is 149 Å². The summed E-state index contributed by atoms with van der Waals surface area (Å²) >= 11 is 1.40. The van der Waals surface area contributed by atoms with Gasteiger partial charge in [0.05, 0.1) is 18.2 Å². The van der Waals surface area contributed by atoms with Crippen LogP contribution in [0.3, 0.4) is 0 Å². The van der Waals surface area contributed by atoms with E-state index in [2.05, 4.69) is 11.1 Å². The van der Waals surface area contributed by atoms with Crippen molar-refractivity contribution >= 4 is 17.6 Å². The molecule has 0 saturated carbocycles. The van der Waals surface area contributed by atoms with Crippen LogP contribution in [-0.4, -0.2) is 9.55 Å². The van der Waals surface area contributed by atoms with Crippen molar-refractivity contribution in [2.45, 2.75) is 17.5 Å². The SMILES string of the molecule is N#Cc1ccccc1CSc1nc(=O)cc(N)n1Cc1ccccc1. The summed E-state index contributed by atoms with van der Waals surface area (Å²) in [5, 5.41) is 9.75. The Morgan fingerprint density at radius 2 is 1.84 bits per heavy atom. The van der Waals surface area contributed by atoms with Gasteiger partial charge in [0.2, 0.25) is 0 Å². The lowest BCUT2D eigenvalue weighted by molar-refractivity contribution is 0.674. The third kappa shape index (κ3) is 4.08.